The van der Waals surface area contributed by atoms with E-state index < -0.39 is 0 Å². The normalized spacial score (nSPS) is 13.7. The predicted molar refractivity (Wildman–Crippen MR) is 79.7 cm³/mol. The molecule has 0 amide bonds. The highest BCUT2D eigenvalue weighted by molar-refractivity contribution is 8.00. The van der Waals surface area contributed by atoms with Gasteiger partial charge in [-0.1, -0.05) is 52.0 Å². The van der Waals surface area contributed by atoms with Gasteiger partial charge in [0.2, 0.25) is 0 Å². The summed E-state index contributed by atoms with van der Waals surface area (Å²) >= 11 is 1.94. The number of hydrogen-bond donors (Lipinski definition) is 1. The molecule has 1 atom stereocenters. The van der Waals surface area contributed by atoms with E-state index in [0.29, 0.717) is 4.75 Å². The van der Waals surface area contributed by atoms with Crippen molar-refractivity contribution < 1.29 is 0 Å². The Morgan fingerprint density at radius 2 is 1.65 bits per heavy atom. The Hall–Kier alpha value is -0.470. The van der Waals surface area contributed by atoms with Crippen molar-refractivity contribution in [2.45, 2.75) is 51.3 Å². The van der Waals surface area contributed by atoms with Crippen molar-refractivity contribution in [1.82, 2.24) is 0 Å². The monoisotopic (exact) mass is 251 g/mol. The van der Waals surface area contributed by atoms with E-state index in [-0.39, 0.29) is 6.04 Å². The van der Waals surface area contributed by atoms with E-state index in [1.54, 1.807) is 0 Å². The third kappa shape index (κ3) is 6.13. The van der Waals surface area contributed by atoms with Gasteiger partial charge in [0.15, 0.2) is 0 Å². The molecule has 96 valence electrons. The van der Waals surface area contributed by atoms with Crippen molar-refractivity contribution in [3.05, 3.63) is 35.4 Å². The second kappa shape index (κ2) is 6.46. The Kier molecular flexibility index (Phi) is 5.54. The lowest BCUT2D eigenvalue weighted by atomic mass is 10.0. The maximum atomic E-state index is 6.16. The molecule has 1 unspecified atom stereocenters. The van der Waals surface area contributed by atoms with Crippen LogP contribution in [-0.2, 0) is 12.8 Å². The zero-order chi connectivity index (χ0) is 12.9. The maximum Gasteiger partial charge on any atom is 0.0171 e. The van der Waals surface area contributed by atoms with E-state index in [1.165, 1.54) is 11.1 Å². The van der Waals surface area contributed by atoms with Gasteiger partial charge in [0.05, 0.1) is 0 Å². The van der Waals surface area contributed by atoms with E-state index in [9.17, 15) is 0 Å². The fourth-order valence-electron chi connectivity index (χ4n) is 1.63. The standard InChI is InChI=1S/C15H25NS/c1-5-12-6-8-13(9-7-12)10-14(16)11-17-15(2,3)4/h6-9,14H,5,10-11,16H2,1-4H3. The molecule has 0 heterocycles. The Morgan fingerprint density at radius 3 is 2.12 bits per heavy atom. The van der Waals surface area contributed by atoms with Crippen LogP contribution in [0.15, 0.2) is 24.3 Å². The van der Waals surface area contributed by atoms with Gasteiger partial charge < -0.3 is 5.73 Å². The fourth-order valence-corrected chi connectivity index (χ4v) is 2.46. The number of benzene rings is 1. The van der Waals surface area contributed by atoms with Gasteiger partial charge in [-0.25, -0.2) is 0 Å². The summed E-state index contributed by atoms with van der Waals surface area (Å²) in [5.74, 6) is 1.03. The van der Waals surface area contributed by atoms with Crippen molar-refractivity contribution in [2.75, 3.05) is 5.75 Å². The van der Waals surface area contributed by atoms with E-state index in [2.05, 4.69) is 52.0 Å². The minimum Gasteiger partial charge on any atom is -0.327 e. The van der Waals surface area contributed by atoms with Crippen LogP contribution in [0.1, 0.15) is 38.8 Å². The van der Waals surface area contributed by atoms with Crippen LogP contribution in [-0.4, -0.2) is 16.5 Å². The molecule has 0 bridgehead atoms. The second-order valence-corrected chi connectivity index (χ2v) is 7.40. The molecular formula is C15H25NS. The van der Waals surface area contributed by atoms with E-state index in [0.717, 1.165) is 18.6 Å². The quantitative estimate of drug-likeness (QED) is 0.864. The fraction of sp³-hybridized carbons (Fsp3) is 0.600. The highest BCUT2D eigenvalue weighted by Gasteiger charge is 2.13. The topological polar surface area (TPSA) is 26.0 Å². The predicted octanol–water partition coefficient (Wildman–Crippen LogP) is 3.65. The van der Waals surface area contributed by atoms with Gasteiger partial charge in [-0.2, -0.15) is 11.8 Å². The van der Waals surface area contributed by atoms with E-state index in [1.807, 2.05) is 11.8 Å². The minimum atomic E-state index is 0.256. The summed E-state index contributed by atoms with van der Waals surface area (Å²) in [7, 11) is 0. The zero-order valence-electron chi connectivity index (χ0n) is 11.5. The van der Waals surface area contributed by atoms with Gasteiger partial charge in [0.1, 0.15) is 0 Å². The lowest BCUT2D eigenvalue weighted by molar-refractivity contribution is 0.734. The van der Waals surface area contributed by atoms with Gasteiger partial charge >= 0.3 is 0 Å². The molecule has 2 N–H and O–H groups in total. The molecule has 1 rings (SSSR count). The molecule has 0 fully saturated rings. The summed E-state index contributed by atoms with van der Waals surface area (Å²) in [6.07, 6.45) is 2.08. The highest BCUT2D eigenvalue weighted by atomic mass is 32.2. The summed E-state index contributed by atoms with van der Waals surface area (Å²) in [6, 6.07) is 9.09. The first-order valence-electron chi connectivity index (χ1n) is 6.38. The molecule has 2 heteroatoms. The van der Waals surface area contributed by atoms with Crippen molar-refractivity contribution >= 4 is 11.8 Å². The van der Waals surface area contributed by atoms with Crippen LogP contribution in [0.25, 0.3) is 0 Å². The number of aryl methyl sites for hydroxylation is 1. The van der Waals surface area contributed by atoms with Gasteiger partial charge in [0.25, 0.3) is 0 Å². The largest absolute Gasteiger partial charge is 0.327 e. The molecule has 0 spiro atoms. The average molecular weight is 251 g/mol. The Balaban J connectivity index is 2.42. The molecule has 0 radical (unpaired) electrons. The number of thioether (sulfide) groups is 1. The third-order valence-corrected chi connectivity index (χ3v) is 4.12. The molecule has 0 saturated carbocycles. The van der Waals surface area contributed by atoms with E-state index in [4.69, 9.17) is 5.73 Å². The Bertz CT molecular complexity index is 324. The van der Waals surface area contributed by atoms with Gasteiger partial charge in [-0.15, -0.1) is 0 Å². The van der Waals surface area contributed by atoms with Gasteiger partial charge in [0, 0.05) is 16.5 Å². The maximum absolute atomic E-state index is 6.16. The average Bonchev–Trinajstić information content (AvgIpc) is 2.27. The van der Waals surface area contributed by atoms with Crippen LogP contribution in [0.2, 0.25) is 0 Å². The first-order valence-corrected chi connectivity index (χ1v) is 7.36. The summed E-state index contributed by atoms with van der Waals surface area (Å²) < 4.78 is 0.309. The number of rotatable bonds is 5. The molecule has 0 saturated heterocycles. The van der Waals surface area contributed by atoms with Crippen LogP contribution in [0.3, 0.4) is 0 Å². The SMILES string of the molecule is CCc1ccc(CC(N)CSC(C)(C)C)cc1. The van der Waals surface area contributed by atoms with Crippen LogP contribution in [0.4, 0.5) is 0 Å². The lowest BCUT2D eigenvalue weighted by Crippen LogP contribution is -2.27. The Morgan fingerprint density at radius 1 is 1.12 bits per heavy atom. The van der Waals surface area contributed by atoms with Gasteiger partial charge in [-0.05, 0) is 24.0 Å². The number of nitrogens with two attached hydrogens (primary N) is 1. The smallest absolute Gasteiger partial charge is 0.0171 e. The van der Waals surface area contributed by atoms with Crippen LogP contribution >= 0.6 is 11.8 Å². The molecular weight excluding hydrogens is 226 g/mol. The summed E-state index contributed by atoms with van der Waals surface area (Å²) in [5, 5.41) is 0. The highest BCUT2D eigenvalue weighted by Crippen LogP contribution is 2.24. The minimum absolute atomic E-state index is 0.256. The molecule has 1 aromatic rings. The van der Waals surface area contributed by atoms with Gasteiger partial charge in [-0.3, -0.25) is 0 Å². The summed E-state index contributed by atoms with van der Waals surface area (Å²) in [5.41, 5.74) is 8.91. The molecule has 1 aromatic carbocycles. The molecule has 17 heavy (non-hydrogen) atoms. The van der Waals surface area contributed by atoms with Crippen molar-refractivity contribution in [2.24, 2.45) is 5.73 Å². The molecule has 0 aliphatic carbocycles. The van der Waals surface area contributed by atoms with E-state index >= 15 is 0 Å². The first kappa shape index (κ1) is 14.6. The molecule has 1 nitrogen and oxygen atoms in total. The van der Waals surface area contributed by atoms with Crippen molar-refractivity contribution in [3.63, 3.8) is 0 Å². The second-order valence-electron chi connectivity index (χ2n) is 5.56. The number of hydrogen-bond acceptors (Lipinski definition) is 2. The van der Waals surface area contributed by atoms with Crippen molar-refractivity contribution in [3.8, 4) is 0 Å². The first-order chi connectivity index (χ1) is 7.90. The third-order valence-electron chi connectivity index (χ3n) is 2.66. The van der Waals surface area contributed by atoms with Crippen LogP contribution < -0.4 is 5.73 Å². The van der Waals surface area contributed by atoms with Crippen molar-refractivity contribution in [1.29, 1.82) is 0 Å². The molecule has 0 aromatic heterocycles. The molecule has 0 aliphatic heterocycles. The lowest BCUT2D eigenvalue weighted by Gasteiger charge is -2.20. The molecule has 0 aliphatic rings. The Labute approximate surface area is 110 Å². The summed E-state index contributed by atoms with van der Waals surface area (Å²) in [6.45, 7) is 8.89. The van der Waals surface area contributed by atoms with Crippen LogP contribution in [0, 0.1) is 0 Å². The summed E-state index contributed by atoms with van der Waals surface area (Å²) in [4.78, 5) is 0. The van der Waals surface area contributed by atoms with Crippen LogP contribution in [0.5, 0.6) is 0 Å². The zero-order valence-corrected chi connectivity index (χ0v) is 12.3.